The van der Waals surface area contributed by atoms with Gasteiger partial charge in [0, 0.05) is 12.3 Å². The van der Waals surface area contributed by atoms with Crippen molar-refractivity contribution >= 4 is 15.6 Å². The van der Waals surface area contributed by atoms with Crippen molar-refractivity contribution in [3.05, 3.63) is 33.1 Å². The third kappa shape index (κ3) is 6.51. The molecule has 3 heterocycles. The second-order valence-corrected chi connectivity index (χ2v) is 10.7. The topological polar surface area (TPSA) is 277 Å². The van der Waals surface area contributed by atoms with E-state index in [1.54, 1.807) is 0 Å². The van der Waals surface area contributed by atoms with E-state index in [0.29, 0.717) is 0 Å². The number of phosphoric ester groups is 2. The van der Waals surface area contributed by atoms with Crippen molar-refractivity contribution in [3.63, 3.8) is 0 Å². The third-order valence-electron chi connectivity index (χ3n) is 5.12. The summed E-state index contributed by atoms with van der Waals surface area (Å²) in [4.78, 5) is 44.5. The molecule has 2 saturated heterocycles. The molecule has 0 aliphatic carbocycles. The normalized spacial score (nSPS) is 39.1. The lowest BCUT2D eigenvalue weighted by Crippen LogP contribution is -2.57. The van der Waals surface area contributed by atoms with Crippen molar-refractivity contribution in [1.29, 1.82) is 0 Å². The molecule has 8 N–H and O–H groups in total. The van der Waals surface area contributed by atoms with Crippen molar-refractivity contribution in [2.24, 2.45) is 0 Å². The number of ether oxygens (including phenoxy) is 2. The van der Waals surface area contributed by atoms with Gasteiger partial charge in [-0.2, -0.15) is 4.31 Å². The quantitative estimate of drug-likeness (QED) is 0.144. The molecule has 2 unspecified atom stereocenters. The minimum absolute atomic E-state index is 0.737. The van der Waals surface area contributed by atoms with Crippen LogP contribution in [0.3, 0.4) is 0 Å². The van der Waals surface area contributed by atoms with Crippen LogP contribution in [0.2, 0.25) is 0 Å². The monoisotopic (exact) mass is 550 g/mol. The lowest BCUT2D eigenvalue weighted by atomic mass is 10.0. The van der Waals surface area contributed by atoms with E-state index in [1.165, 1.54) is 6.92 Å². The Bertz CT molecular complexity index is 1110. The maximum absolute atomic E-state index is 12.1. The Hall–Kier alpha value is -1.34. The fraction of sp³-hybridized carbons (Fsp3) is 0.733. The van der Waals surface area contributed by atoms with Crippen molar-refractivity contribution in [3.8, 4) is 0 Å². The number of aromatic amines is 1. The number of H-pyrrole nitrogens is 1. The van der Waals surface area contributed by atoms with Gasteiger partial charge in [0.1, 0.15) is 36.6 Å². The van der Waals surface area contributed by atoms with Gasteiger partial charge in [0.25, 0.3) is 5.56 Å². The molecule has 1 aromatic rings. The summed E-state index contributed by atoms with van der Waals surface area (Å²) >= 11 is 0. The second-order valence-electron chi connectivity index (χ2n) is 7.66. The Morgan fingerprint density at radius 2 is 1.63 bits per heavy atom. The summed E-state index contributed by atoms with van der Waals surface area (Å²) in [5.41, 5.74) is -1.72. The zero-order valence-corrected chi connectivity index (χ0v) is 19.5. The van der Waals surface area contributed by atoms with Gasteiger partial charge >= 0.3 is 21.3 Å². The molecule has 200 valence electrons. The average Bonchev–Trinajstić information content (AvgIpc) is 3.02. The standard InChI is InChI=1S/C15H24N2O16P2/c1-5-8(19)10(21)12(23)14(30-5)32-35(27,28)33-34(25,26)29-4-6-9(20)11(22)13(31-6)17-3-2-7(18)16-15(17)24/h2-3,5-6,8-14,19-23H,4H2,1H3,(H,25,26)(H,27,28)(H,16,18,24)/t5-,6-,8+,9-,10+,11-,12-,13-,14-/m1/s1. The molecule has 0 spiro atoms. The SMILES string of the molecule is C[C@H]1O[C@H](OP(=O)(O)OP(=O)(O)OC[C@H]2O[C@@H](n3ccc(=O)[nH]c3=O)[C@H](O)[C@@H]2O)[C@H](O)[C@@H](O)[C@H]1O. The number of rotatable bonds is 8. The van der Waals surface area contributed by atoms with Crippen molar-refractivity contribution < 1.29 is 67.3 Å². The Balaban J connectivity index is 1.61. The molecule has 20 heteroatoms. The highest BCUT2D eigenvalue weighted by Crippen LogP contribution is 2.61. The molecule has 35 heavy (non-hydrogen) atoms. The van der Waals surface area contributed by atoms with E-state index < -0.39 is 88.7 Å². The minimum Gasteiger partial charge on any atom is -0.388 e. The van der Waals surface area contributed by atoms with Crippen LogP contribution in [0.1, 0.15) is 13.2 Å². The molecule has 0 radical (unpaired) electrons. The molecular weight excluding hydrogens is 526 g/mol. The van der Waals surface area contributed by atoms with Crippen molar-refractivity contribution in [1.82, 2.24) is 9.55 Å². The van der Waals surface area contributed by atoms with E-state index in [0.717, 1.165) is 16.8 Å². The van der Waals surface area contributed by atoms with E-state index in [1.807, 2.05) is 4.98 Å². The fourth-order valence-electron chi connectivity index (χ4n) is 3.30. The Morgan fingerprint density at radius 1 is 0.971 bits per heavy atom. The molecule has 0 bridgehead atoms. The second kappa shape index (κ2) is 10.6. The van der Waals surface area contributed by atoms with Gasteiger partial charge in [-0.25, -0.2) is 13.9 Å². The summed E-state index contributed by atoms with van der Waals surface area (Å²) in [5, 5.41) is 49.4. The average molecular weight is 550 g/mol. The largest absolute Gasteiger partial charge is 0.483 e. The smallest absolute Gasteiger partial charge is 0.388 e. The lowest BCUT2D eigenvalue weighted by molar-refractivity contribution is -0.271. The van der Waals surface area contributed by atoms with Crippen LogP contribution in [0.5, 0.6) is 0 Å². The van der Waals surface area contributed by atoms with Crippen LogP contribution >= 0.6 is 15.6 Å². The van der Waals surface area contributed by atoms with Crippen LogP contribution in [0.4, 0.5) is 0 Å². The predicted molar refractivity (Wildman–Crippen MR) is 107 cm³/mol. The van der Waals surface area contributed by atoms with Gasteiger partial charge in [0.15, 0.2) is 12.5 Å². The highest BCUT2D eigenvalue weighted by Gasteiger charge is 2.49. The predicted octanol–water partition coefficient (Wildman–Crippen LogP) is -3.77. The number of aromatic nitrogens is 2. The molecule has 2 fully saturated rings. The molecule has 0 aromatic carbocycles. The van der Waals surface area contributed by atoms with Crippen molar-refractivity contribution in [2.45, 2.75) is 62.2 Å². The Kier molecular flexibility index (Phi) is 8.52. The molecular formula is C15H24N2O16P2. The Labute approximate surface area is 195 Å². The number of nitrogens with zero attached hydrogens (tertiary/aromatic N) is 1. The van der Waals surface area contributed by atoms with Crippen LogP contribution in [-0.2, 0) is 32.0 Å². The minimum atomic E-state index is -5.50. The third-order valence-corrected chi connectivity index (χ3v) is 7.72. The highest BCUT2D eigenvalue weighted by molar-refractivity contribution is 7.61. The van der Waals surface area contributed by atoms with Crippen LogP contribution in [0, 0.1) is 0 Å². The van der Waals surface area contributed by atoms with E-state index in [-0.39, 0.29) is 0 Å². The van der Waals surface area contributed by atoms with Gasteiger partial charge in [-0.05, 0) is 6.92 Å². The molecule has 0 amide bonds. The van der Waals surface area contributed by atoms with Gasteiger partial charge in [-0.1, -0.05) is 0 Å². The van der Waals surface area contributed by atoms with Crippen LogP contribution in [0.15, 0.2) is 21.9 Å². The molecule has 2 aliphatic heterocycles. The van der Waals surface area contributed by atoms with Crippen LogP contribution < -0.4 is 11.2 Å². The van der Waals surface area contributed by atoms with Gasteiger partial charge in [0.05, 0.1) is 12.7 Å². The maximum Gasteiger partial charge on any atom is 0.483 e. The molecule has 2 aliphatic rings. The lowest BCUT2D eigenvalue weighted by Gasteiger charge is -2.38. The van der Waals surface area contributed by atoms with Gasteiger partial charge < -0.3 is 44.8 Å². The van der Waals surface area contributed by atoms with E-state index in [4.69, 9.17) is 9.47 Å². The molecule has 0 saturated carbocycles. The summed E-state index contributed by atoms with van der Waals surface area (Å²) in [6, 6.07) is 0.940. The van der Waals surface area contributed by atoms with E-state index in [2.05, 4.69) is 13.4 Å². The van der Waals surface area contributed by atoms with Crippen molar-refractivity contribution in [2.75, 3.05) is 6.61 Å². The summed E-state index contributed by atoms with van der Waals surface area (Å²) in [6.45, 7) is 0.250. The van der Waals surface area contributed by atoms with Gasteiger partial charge in [0.2, 0.25) is 0 Å². The first-order chi connectivity index (χ1) is 16.1. The van der Waals surface area contributed by atoms with Gasteiger partial charge in [-0.3, -0.25) is 23.4 Å². The zero-order valence-electron chi connectivity index (χ0n) is 17.7. The fourth-order valence-corrected chi connectivity index (χ4v) is 5.45. The molecule has 11 atom stereocenters. The summed E-state index contributed by atoms with van der Waals surface area (Å²) < 4.78 is 48.3. The first-order valence-electron chi connectivity index (χ1n) is 9.84. The van der Waals surface area contributed by atoms with E-state index in [9.17, 15) is 54.0 Å². The Morgan fingerprint density at radius 3 is 2.26 bits per heavy atom. The first-order valence-corrected chi connectivity index (χ1v) is 12.8. The van der Waals surface area contributed by atoms with Crippen LogP contribution in [-0.4, -0.2) is 100 Å². The number of aliphatic hydroxyl groups excluding tert-OH is 5. The number of phosphoric acid groups is 2. The maximum atomic E-state index is 12.1. The highest BCUT2D eigenvalue weighted by atomic mass is 31.3. The van der Waals surface area contributed by atoms with Crippen LogP contribution in [0.25, 0.3) is 0 Å². The molecule has 3 rings (SSSR count). The number of aliphatic hydroxyl groups is 5. The molecule has 18 nitrogen and oxygen atoms in total. The zero-order chi connectivity index (χ0) is 26.3. The summed E-state index contributed by atoms with van der Waals surface area (Å²) in [7, 11) is -10.9. The number of hydrogen-bond donors (Lipinski definition) is 8. The summed E-state index contributed by atoms with van der Waals surface area (Å²) in [5.74, 6) is 0. The van der Waals surface area contributed by atoms with E-state index >= 15 is 0 Å². The first kappa shape index (κ1) is 28.2. The summed E-state index contributed by atoms with van der Waals surface area (Å²) in [6.07, 6.45) is -14.2. The molecule has 1 aromatic heterocycles. The van der Waals surface area contributed by atoms with Gasteiger partial charge in [-0.15, -0.1) is 0 Å². The number of nitrogens with one attached hydrogen (secondary N) is 1. The number of hydrogen-bond acceptors (Lipinski definition) is 14.